The van der Waals surface area contributed by atoms with Crippen molar-refractivity contribution < 1.29 is 13.2 Å². The molecule has 0 aromatic heterocycles. The molecule has 33 heavy (non-hydrogen) atoms. The van der Waals surface area contributed by atoms with Crippen molar-refractivity contribution in [2.45, 2.75) is 23.9 Å². The first kappa shape index (κ1) is 23.3. The van der Waals surface area contributed by atoms with Crippen molar-refractivity contribution >= 4 is 15.7 Å². The number of methoxy groups -OCH3 is 1. The van der Waals surface area contributed by atoms with Crippen molar-refractivity contribution in [2.24, 2.45) is 0 Å². The molecule has 1 aliphatic heterocycles. The molecule has 1 unspecified atom stereocenters. The predicted octanol–water partition coefficient (Wildman–Crippen LogP) is 3.84. The Morgan fingerprint density at radius 1 is 0.970 bits per heavy atom. The van der Waals surface area contributed by atoms with Gasteiger partial charge in [-0.05, 0) is 59.5 Å². The van der Waals surface area contributed by atoms with Crippen LogP contribution in [0.5, 0.6) is 5.75 Å². The fourth-order valence-electron chi connectivity index (χ4n) is 4.26. The third-order valence-electron chi connectivity index (χ3n) is 6.23. The summed E-state index contributed by atoms with van der Waals surface area (Å²) in [6.45, 7) is 1.96. The van der Waals surface area contributed by atoms with Crippen molar-refractivity contribution in [2.75, 3.05) is 39.2 Å². The topological polar surface area (TPSA) is 61.9 Å². The van der Waals surface area contributed by atoms with Gasteiger partial charge in [-0.2, -0.15) is 0 Å². The molecule has 174 valence electrons. The van der Waals surface area contributed by atoms with Crippen LogP contribution in [0.1, 0.15) is 22.7 Å². The third kappa shape index (κ3) is 5.38. The minimum absolute atomic E-state index is 0.0809. The van der Waals surface area contributed by atoms with Gasteiger partial charge in [0.05, 0.1) is 12.0 Å². The SMILES string of the molecule is COc1ccc(S(=O)(=O)NCC(c2ccc(N(C)C)cc2)N2CCc3ccccc3C2)cc1. The van der Waals surface area contributed by atoms with Crippen LogP contribution in [0, 0.1) is 0 Å². The molecule has 0 spiro atoms. The number of ether oxygens (including phenoxy) is 1. The number of hydrogen-bond donors (Lipinski definition) is 1. The largest absolute Gasteiger partial charge is 0.497 e. The molecule has 0 saturated heterocycles. The zero-order valence-electron chi connectivity index (χ0n) is 19.4. The maximum Gasteiger partial charge on any atom is 0.240 e. The lowest BCUT2D eigenvalue weighted by Crippen LogP contribution is -2.40. The number of anilines is 1. The fourth-order valence-corrected chi connectivity index (χ4v) is 5.30. The van der Waals surface area contributed by atoms with Gasteiger partial charge in [0.2, 0.25) is 10.0 Å². The van der Waals surface area contributed by atoms with Crippen molar-refractivity contribution in [3.05, 3.63) is 89.5 Å². The lowest BCUT2D eigenvalue weighted by molar-refractivity contribution is 0.180. The lowest BCUT2D eigenvalue weighted by Gasteiger charge is -2.36. The maximum absolute atomic E-state index is 13.0. The van der Waals surface area contributed by atoms with E-state index in [-0.39, 0.29) is 17.5 Å². The Hall–Kier alpha value is -2.87. The van der Waals surface area contributed by atoms with E-state index < -0.39 is 10.0 Å². The molecule has 1 atom stereocenters. The number of sulfonamides is 1. The maximum atomic E-state index is 13.0. The van der Waals surface area contributed by atoms with Crippen molar-refractivity contribution in [3.8, 4) is 5.75 Å². The Bertz CT molecular complexity index is 1180. The number of rotatable bonds is 8. The normalized spacial score (nSPS) is 15.0. The van der Waals surface area contributed by atoms with Gasteiger partial charge in [0.1, 0.15) is 5.75 Å². The Morgan fingerprint density at radius 3 is 2.27 bits per heavy atom. The van der Waals surface area contributed by atoms with Gasteiger partial charge >= 0.3 is 0 Å². The first-order valence-electron chi connectivity index (χ1n) is 11.1. The highest BCUT2D eigenvalue weighted by Crippen LogP contribution is 2.29. The van der Waals surface area contributed by atoms with Crippen molar-refractivity contribution in [3.63, 3.8) is 0 Å². The lowest BCUT2D eigenvalue weighted by atomic mass is 9.96. The summed E-state index contributed by atoms with van der Waals surface area (Å²) < 4.78 is 34.0. The second kappa shape index (κ2) is 9.95. The summed E-state index contributed by atoms with van der Waals surface area (Å²) in [6, 6.07) is 23.2. The molecule has 7 heteroatoms. The summed E-state index contributed by atoms with van der Waals surface area (Å²) in [5.74, 6) is 0.625. The summed E-state index contributed by atoms with van der Waals surface area (Å²) in [4.78, 5) is 4.65. The molecule has 0 saturated carbocycles. The minimum Gasteiger partial charge on any atom is -0.497 e. The van der Waals surface area contributed by atoms with Gasteiger partial charge in [-0.3, -0.25) is 4.90 Å². The molecule has 0 amide bonds. The highest BCUT2D eigenvalue weighted by molar-refractivity contribution is 7.89. The van der Waals surface area contributed by atoms with E-state index in [1.54, 1.807) is 31.4 Å². The molecule has 0 bridgehead atoms. The molecule has 1 aliphatic rings. The fraction of sp³-hybridized carbons (Fsp3) is 0.308. The van der Waals surface area contributed by atoms with Gasteiger partial charge in [-0.1, -0.05) is 36.4 Å². The summed E-state index contributed by atoms with van der Waals surface area (Å²) in [5.41, 5.74) is 4.88. The van der Waals surface area contributed by atoms with Crippen LogP contribution in [0.15, 0.2) is 77.7 Å². The Kier molecular flexibility index (Phi) is 7.02. The predicted molar refractivity (Wildman–Crippen MR) is 132 cm³/mol. The first-order chi connectivity index (χ1) is 15.9. The summed E-state index contributed by atoms with van der Waals surface area (Å²) >= 11 is 0. The quantitative estimate of drug-likeness (QED) is 0.548. The second-order valence-electron chi connectivity index (χ2n) is 8.52. The molecular weight excluding hydrogens is 434 g/mol. The van der Waals surface area contributed by atoms with Gasteiger partial charge in [0.15, 0.2) is 0 Å². The van der Waals surface area contributed by atoms with Gasteiger partial charge in [0.25, 0.3) is 0 Å². The number of nitrogens with one attached hydrogen (secondary N) is 1. The van der Waals surface area contributed by atoms with E-state index in [1.165, 1.54) is 11.1 Å². The molecule has 0 radical (unpaired) electrons. The number of fused-ring (bicyclic) bond motifs is 1. The van der Waals surface area contributed by atoms with Crippen LogP contribution in [0.25, 0.3) is 0 Å². The molecule has 4 rings (SSSR count). The summed E-state index contributed by atoms with van der Waals surface area (Å²) in [5, 5.41) is 0. The van der Waals surface area contributed by atoms with E-state index in [9.17, 15) is 8.42 Å². The average Bonchev–Trinajstić information content (AvgIpc) is 2.84. The zero-order valence-corrected chi connectivity index (χ0v) is 20.2. The summed E-state index contributed by atoms with van der Waals surface area (Å²) in [6.07, 6.45) is 0.952. The number of hydrogen-bond acceptors (Lipinski definition) is 5. The van der Waals surface area contributed by atoms with Gasteiger partial charge in [0, 0.05) is 45.5 Å². The van der Waals surface area contributed by atoms with Crippen molar-refractivity contribution in [1.82, 2.24) is 9.62 Å². The molecule has 1 heterocycles. The Morgan fingerprint density at radius 2 is 1.64 bits per heavy atom. The molecule has 1 N–H and O–H groups in total. The van der Waals surface area contributed by atoms with E-state index in [0.29, 0.717) is 5.75 Å². The monoisotopic (exact) mass is 465 g/mol. The number of nitrogens with zero attached hydrogens (tertiary/aromatic N) is 2. The van der Waals surface area contributed by atoms with E-state index >= 15 is 0 Å². The minimum atomic E-state index is -3.65. The molecule has 6 nitrogen and oxygen atoms in total. The Labute approximate surface area is 196 Å². The zero-order chi connectivity index (χ0) is 23.4. The van der Waals surface area contributed by atoms with Crippen LogP contribution in [0.4, 0.5) is 5.69 Å². The van der Waals surface area contributed by atoms with Crippen LogP contribution in [-0.2, 0) is 23.0 Å². The van der Waals surface area contributed by atoms with Crippen LogP contribution in [0.2, 0.25) is 0 Å². The second-order valence-corrected chi connectivity index (χ2v) is 10.3. The van der Waals surface area contributed by atoms with Gasteiger partial charge < -0.3 is 9.64 Å². The van der Waals surface area contributed by atoms with Crippen LogP contribution in [-0.4, -0.2) is 47.6 Å². The van der Waals surface area contributed by atoms with E-state index in [1.807, 2.05) is 14.1 Å². The summed E-state index contributed by atoms with van der Waals surface area (Å²) in [7, 11) is 1.93. The molecule has 0 aliphatic carbocycles. The van der Waals surface area contributed by atoms with Crippen LogP contribution < -0.4 is 14.4 Å². The number of benzene rings is 3. The highest BCUT2D eigenvalue weighted by Gasteiger charge is 2.27. The molecular formula is C26H31N3O3S. The molecule has 3 aromatic rings. The van der Waals surface area contributed by atoms with E-state index in [2.05, 4.69) is 63.1 Å². The third-order valence-corrected chi connectivity index (χ3v) is 7.67. The van der Waals surface area contributed by atoms with Gasteiger partial charge in [-0.25, -0.2) is 13.1 Å². The molecule has 0 fully saturated rings. The average molecular weight is 466 g/mol. The highest BCUT2D eigenvalue weighted by atomic mass is 32.2. The first-order valence-corrected chi connectivity index (χ1v) is 12.6. The van der Waals surface area contributed by atoms with E-state index in [4.69, 9.17) is 4.74 Å². The van der Waals surface area contributed by atoms with E-state index in [0.717, 1.165) is 30.8 Å². The standard InChI is InChI=1S/C26H31N3O3S/c1-28(2)23-10-8-21(9-11-23)26(29-17-16-20-6-4-5-7-22(20)19-29)18-27-33(30,31)25-14-12-24(32-3)13-15-25/h4-15,26-27H,16-19H2,1-3H3. The van der Waals surface area contributed by atoms with Crippen LogP contribution >= 0.6 is 0 Å². The van der Waals surface area contributed by atoms with Crippen LogP contribution in [0.3, 0.4) is 0 Å². The molecule has 3 aromatic carbocycles. The Balaban J connectivity index is 1.58. The van der Waals surface area contributed by atoms with Crippen molar-refractivity contribution in [1.29, 1.82) is 0 Å². The van der Waals surface area contributed by atoms with Gasteiger partial charge in [-0.15, -0.1) is 0 Å². The smallest absolute Gasteiger partial charge is 0.240 e.